The maximum atomic E-state index is 12.6. The third kappa shape index (κ3) is 6.15. The standard InChI is InChI=1S/C30H26N2O3/c1-3-5-22-19-31-29(32-20-22)25-10-12-26(13-11-25)30(34)35-28-16-14-24(15-17-28)23-8-6-21(7-9-23)18-27(33)4-2/h4,6-17,19-20H,2-3,5,18H2,1H3. The number of ether oxygens (including phenoxy) is 1. The van der Waals surface area contributed by atoms with Crippen LogP contribution < -0.4 is 4.74 Å². The number of hydrogen-bond acceptors (Lipinski definition) is 5. The van der Waals surface area contributed by atoms with Crippen molar-refractivity contribution in [1.29, 1.82) is 0 Å². The van der Waals surface area contributed by atoms with Gasteiger partial charge >= 0.3 is 5.97 Å². The summed E-state index contributed by atoms with van der Waals surface area (Å²) in [5, 5.41) is 0. The van der Waals surface area contributed by atoms with Gasteiger partial charge in [0.2, 0.25) is 0 Å². The van der Waals surface area contributed by atoms with E-state index in [-0.39, 0.29) is 5.78 Å². The maximum absolute atomic E-state index is 12.6. The van der Waals surface area contributed by atoms with Gasteiger partial charge in [-0.05, 0) is 59.0 Å². The molecule has 5 heteroatoms. The Morgan fingerprint density at radius 1 is 0.800 bits per heavy atom. The molecule has 0 fully saturated rings. The Morgan fingerprint density at radius 3 is 1.94 bits per heavy atom. The van der Waals surface area contributed by atoms with E-state index in [0.717, 1.165) is 40.7 Å². The number of carbonyl (C=O) groups excluding carboxylic acids is 2. The van der Waals surface area contributed by atoms with Crippen LogP contribution in [0, 0.1) is 0 Å². The maximum Gasteiger partial charge on any atom is 0.343 e. The number of rotatable bonds is 9. The molecule has 0 bridgehead atoms. The normalized spacial score (nSPS) is 10.5. The third-order valence-electron chi connectivity index (χ3n) is 5.58. The first-order valence-corrected chi connectivity index (χ1v) is 11.5. The van der Waals surface area contributed by atoms with E-state index in [1.54, 1.807) is 24.3 Å². The molecular weight excluding hydrogens is 436 g/mol. The van der Waals surface area contributed by atoms with Crippen molar-refractivity contribution in [2.24, 2.45) is 0 Å². The van der Waals surface area contributed by atoms with Gasteiger partial charge in [0.25, 0.3) is 0 Å². The van der Waals surface area contributed by atoms with Crippen molar-refractivity contribution >= 4 is 11.8 Å². The molecule has 5 nitrogen and oxygen atoms in total. The summed E-state index contributed by atoms with van der Waals surface area (Å²) in [6.07, 6.45) is 7.37. The van der Waals surface area contributed by atoms with Crippen molar-refractivity contribution < 1.29 is 14.3 Å². The second-order valence-corrected chi connectivity index (χ2v) is 8.20. The van der Waals surface area contributed by atoms with Gasteiger partial charge in [0.1, 0.15) is 5.75 Å². The van der Waals surface area contributed by atoms with Crippen molar-refractivity contribution in [3.05, 3.63) is 115 Å². The lowest BCUT2D eigenvalue weighted by atomic mass is 10.0. The average molecular weight is 463 g/mol. The highest BCUT2D eigenvalue weighted by Crippen LogP contribution is 2.24. The van der Waals surface area contributed by atoms with E-state index in [1.165, 1.54) is 6.08 Å². The quantitative estimate of drug-likeness (QED) is 0.166. The molecule has 4 aromatic rings. The van der Waals surface area contributed by atoms with Gasteiger partial charge in [0.05, 0.1) is 5.56 Å². The molecule has 0 radical (unpaired) electrons. The smallest absolute Gasteiger partial charge is 0.343 e. The summed E-state index contributed by atoms with van der Waals surface area (Å²) in [5.41, 5.74) is 5.34. The fourth-order valence-electron chi connectivity index (χ4n) is 3.65. The number of ketones is 1. The molecule has 3 aromatic carbocycles. The highest BCUT2D eigenvalue weighted by molar-refractivity contribution is 5.92. The minimum absolute atomic E-state index is 0.00652. The molecule has 0 N–H and O–H groups in total. The zero-order chi connectivity index (χ0) is 24.6. The molecule has 0 amide bonds. The summed E-state index contributed by atoms with van der Waals surface area (Å²) in [6, 6.07) is 22.2. The third-order valence-corrected chi connectivity index (χ3v) is 5.58. The molecule has 4 rings (SSSR count). The first kappa shape index (κ1) is 23.8. The van der Waals surface area contributed by atoms with E-state index in [4.69, 9.17) is 4.74 Å². The number of benzene rings is 3. The van der Waals surface area contributed by atoms with Gasteiger partial charge in [-0.1, -0.05) is 68.5 Å². The van der Waals surface area contributed by atoms with Crippen molar-refractivity contribution in [1.82, 2.24) is 9.97 Å². The Balaban J connectivity index is 1.38. The van der Waals surface area contributed by atoms with Crippen molar-refractivity contribution in [2.75, 3.05) is 0 Å². The molecule has 0 spiro atoms. The Bertz CT molecular complexity index is 1310. The van der Waals surface area contributed by atoms with Gasteiger partial charge in [-0.2, -0.15) is 0 Å². The molecule has 0 aliphatic carbocycles. The lowest BCUT2D eigenvalue weighted by molar-refractivity contribution is -0.114. The molecule has 0 saturated carbocycles. The van der Waals surface area contributed by atoms with Gasteiger partial charge in [-0.25, -0.2) is 14.8 Å². The Kier molecular flexibility index (Phi) is 7.58. The van der Waals surface area contributed by atoms with E-state index in [1.807, 2.05) is 60.9 Å². The monoisotopic (exact) mass is 462 g/mol. The van der Waals surface area contributed by atoms with Crippen LogP contribution in [0.1, 0.15) is 34.8 Å². The zero-order valence-electron chi connectivity index (χ0n) is 19.6. The van der Waals surface area contributed by atoms with Crippen LogP contribution in [-0.4, -0.2) is 21.7 Å². The fraction of sp³-hybridized carbons (Fsp3) is 0.133. The highest BCUT2D eigenvalue weighted by Gasteiger charge is 2.10. The highest BCUT2D eigenvalue weighted by atomic mass is 16.5. The van der Waals surface area contributed by atoms with Crippen molar-refractivity contribution in [3.63, 3.8) is 0 Å². The number of nitrogens with zero attached hydrogens (tertiary/aromatic N) is 2. The van der Waals surface area contributed by atoms with E-state index in [0.29, 0.717) is 23.6 Å². The Labute approximate surface area is 205 Å². The van der Waals surface area contributed by atoms with Gasteiger partial charge in [0, 0.05) is 24.4 Å². The molecule has 174 valence electrons. The molecule has 35 heavy (non-hydrogen) atoms. The van der Waals surface area contributed by atoms with Crippen LogP contribution in [0.5, 0.6) is 5.75 Å². The largest absolute Gasteiger partial charge is 0.423 e. The molecule has 0 unspecified atom stereocenters. The number of hydrogen-bond donors (Lipinski definition) is 0. The average Bonchev–Trinajstić information content (AvgIpc) is 2.90. The molecule has 0 aliphatic rings. The zero-order valence-corrected chi connectivity index (χ0v) is 19.6. The summed E-state index contributed by atoms with van der Waals surface area (Å²) in [4.78, 5) is 32.9. The first-order valence-electron chi connectivity index (χ1n) is 11.5. The van der Waals surface area contributed by atoms with Gasteiger partial charge < -0.3 is 4.74 Å². The Hall–Kier alpha value is -4.38. The second kappa shape index (κ2) is 11.2. The molecule has 1 heterocycles. The SMILES string of the molecule is C=CC(=O)Cc1ccc(-c2ccc(OC(=O)c3ccc(-c4ncc(CCC)cn4)cc3)cc2)cc1. The number of aryl methyl sites for hydroxylation is 1. The van der Waals surface area contributed by atoms with Crippen molar-refractivity contribution in [2.45, 2.75) is 26.2 Å². The predicted molar refractivity (Wildman–Crippen MR) is 137 cm³/mol. The summed E-state index contributed by atoms with van der Waals surface area (Å²) >= 11 is 0. The van der Waals surface area contributed by atoms with Gasteiger partial charge in [-0.3, -0.25) is 4.79 Å². The minimum Gasteiger partial charge on any atom is -0.423 e. The topological polar surface area (TPSA) is 69.2 Å². The van der Waals surface area contributed by atoms with Crippen LogP contribution in [-0.2, 0) is 17.6 Å². The molecule has 0 saturated heterocycles. The first-order chi connectivity index (χ1) is 17.1. The van der Waals surface area contributed by atoms with Gasteiger partial charge in [-0.15, -0.1) is 0 Å². The van der Waals surface area contributed by atoms with Crippen LogP contribution in [0.3, 0.4) is 0 Å². The van der Waals surface area contributed by atoms with Crippen LogP contribution in [0.15, 0.2) is 97.8 Å². The second-order valence-electron chi connectivity index (χ2n) is 8.20. The lowest BCUT2D eigenvalue weighted by Gasteiger charge is -2.08. The van der Waals surface area contributed by atoms with E-state index >= 15 is 0 Å². The summed E-state index contributed by atoms with van der Waals surface area (Å²) in [5.74, 6) is 0.652. The summed E-state index contributed by atoms with van der Waals surface area (Å²) < 4.78 is 5.54. The number of allylic oxidation sites excluding steroid dienone is 1. The van der Waals surface area contributed by atoms with E-state index in [2.05, 4.69) is 23.5 Å². The van der Waals surface area contributed by atoms with Crippen LogP contribution in [0.25, 0.3) is 22.5 Å². The minimum atomic E-state index is -0.431. The van der Waals surface area contributed by atoms with E-state index < -0.39 is 5.97 Å². The van der Waals surface area contributed by atoms with Gasteiger partial charge in [0.15, 0.2) is 11.6 Å². The number of esters is 1. The van der Waals surface area contributed by atoms with Crippen LogP contribution in [0.2, 0.25) is 0 Å². The molecule has 0 atom stereocenters. The Morgan fingerprint density at radius 2 is 1.37 bits per heavy atom. The predicted octanol–water partition coefficient (Wildman–Crippen LogP) is 6.28. The molecule has 0 aliphatic heterocycles. The summed E-state index contributed by atoms with van der Waals surface area (Å²) in [6.45, 7) is 5.62. The fourth-order valence-corrected chi connectivity index (χ4v) is 3.65. The lowest BCUT2D eigenvalue weighted by Crippen LogP contribution is -2.08. The molecule has 1 aromatic heterocycles. The van der Waals surface area contributed by atoms with E-state index in [9.17, 15) is 9.59 Å². The van der Waals surface area contributed by atoms with Crippen LogP contribution >= 0.6 is 0 Å². The molecular formula is C30H26N2O3. The van der Waals surface area contributed by atoms with Crippen molar-refractivity contribution in [3.8, 4) is 28.3 Å². The number of aromatic nitrogens is 2. The summed E-state index contributed by atoms with van der Waals surface area (Å²) in [7, 11) is 0. The number of carbonyl (C=O) groups is 2. The van der Waals surface area contributed by atoms with Crippen LogP contribution in [0.4, 0.5) is 0 Å².